The molecule has 1 aliphatic carbocycles. The minimum atomic E-state index is 0.104. The highest BCUT2D eigenvalue weighted by atomic mass is 16.2. The SMILES string of the molecule is O=C(Nc1cccnn1)C1CC12CCNCC2. The molecule has 2 aliphatic rings. The first-order valence-corrected chi connectivity index (χ1v) is 6.09. The molecule has 1 saturated heterocycles. The molecular weight excluding hydrogens is 216 g/mol. The van der Waals surface area contributed by atoms with Crippen LogP contribution in [0.25, 0.3) is 0 Å². The number of nitrogens with zero attached hydrogens (tertiary/aromatic N) is 2. The number of hydrogen-bond donors (Lipinski definition) is 2. The van der Waals surface area contributed by atoms with Gasteiger partial charge in [-0.3, -0.25) is 4.79 Å². The van der Waals surface area contributed by atoms with Gasteiger partial charge < -0.3 is 10.6 Å². The summed E-state index contributed by atoms with van der Waals surface area (Å²) >= 11 is 0. The van der Waals surface area contributed by atoms with E-state index < -0.39 is 0 Å². The number of amides is 1. The second-order valence-corrected chi connectivity index (χ2v) is 4.97. The van der Waals surface area contributed by atoms with Crippen molar-refractivity contribution in [3.05, 3.63) is 18.3 Å². The third-order valence-corrected chi connectivity index (χ3v) is 3.93. The zero-order chi connectivity index (χ0) is 11.7. The minimum Gasteiger partial charge on any atom is -0.317 e. The molecule has 1 aromatic heterocycles. The number of carbonyl (C=O) groups is 1. The van der Waals surface area contributed by atoms with Gasteiger partial charge in [-0.1, -0.05) is 0 Å². The van der Waals surface area contributed by atoms with E-state index in [9.17, 15) is 4.79 Å². The first-order chi connectivity index (χ1) is 8.30. The predicted octanol–water partition coefficient (Wildman–Crippen LogP) is 0.805. The summed E-state index contributed by atoms with van der Waals surface area (Å²) in [5.74, 6) is 0.826. The Morgan fingerprint density at radius 3 is 3.00 bits per heavy atom. The molecule has 1 aliphatic heterocycles. The van der Waals surface area contributed by atoms with E-state index in [1.165, 1.54) is 0 Å². The third kappa shape index (κ3) is 2.02. The van der Waals surface area contributed by atoms with Crippen LogP contribution >= 0.6 is 0 Å². The van der Waals surface area contributed by atoms with E-state index in [-0.39, 0.29) is 17.2 Å². The molecule has 90 valence electrons. The lowest BCUT2D eigenvalue weighted by molar-refractivity contribution is -0.118. The maximum absolute atomic E-state index is 12.0. The van der Waals surface area contributed by atoms with Crippen LogP contribution in [-0.2, 0) is 4.79 Å². The van der Waals surface area contributed by atoms with Gasteiger partial charge in [0.05, 0.1) is 0 Å². The van der Waals surface area contributed by atoms with Crippen molar-refractivity contribution in [3.63, 3.8) is 0 Å². The van der Waals surface area contributed by atoms with Crippen LogP contribution in [0.4, 0.5) is 5.82 Å². The highest BCUT2D eigenvalue weighted by Crippen LogP contribution is 2.58. The van der Waals surface area contributed by atoms with Gasteiger partial charge >= 0.3 is 0 Å². The van der Waals surface area contributed by atoms with Crippen molar-refractivity contribution in [2.45, 2.75) is 19.3 Å². The molecule has 1 atom stereocenters. The lowest BCUT2D eigenvalue weighted by Gasteiger charge is -2.23. The Bertz CT molecular complexity index is 414. The van der Waals surface area contributed by atoms with Crippen molar-refractivity contribution < 1.29 is 4.79 Å². The van der Waals surface area contributed by atoms with E-state index in [4.69, 9.17) is 0 Å². The van der Waals surface area contributed by atoms with Gasteiger partial charge in [0.2, 0.25) is 5.91 Å². The summed E-state index contributed by atoms with van der Waals surface area (Å²) in [6, 6.07) is 3.54. The monoisotopic (exact) mass is 232 g/mol. The van der Waals surface area contributed by atoms with Gasteiger partial charge in [0.15, 0.2) is 5.82 Å². The van der Waals surface area contributed by atoms with Gasteiger partial charge in [0.1, 0.15) is 0 Å². The van der Waals surface area contributed by atoms with Crippen molar-refractivity contribution in [1.82, 2.24) is 15.5 Å². The van der Waals surface area contributed by atoms with Crippen molar-refractivity contribution in [2.75, 3.05) is 18.4 Å². The molecule has 1 aromatic rings. The van der Waals surface area contributed by atoms with Crippen LogP contribution in [0.2, 0.25) is 0 Å². The summed E-state index contributed by atoms with van der Waals surface area (Å²) in [4.78, 5) is 12.0. The highest BCUT2D eigenvalue weighted by molar-refractivity contribution is 5.94. The Labute approximate surface area is 100 Å². The van der Waals surface area contributed by atoms with Gasteiger partial charge in [0, 0.05) is 12.1 Å². The van der Waals surface area contributed by atoms with Crippen LogP contribution in [0, 0.1) is 11.3 Å². The number of piperidine rings is 1. The summed E-state index contributed by atoms with van der Waals surface area (Å²) in [5.41, 5.74) is 0.275. The number of nitrogens with one attached hydrogen (secondary N) is 2. The molecule has 3 rings (SSSR count). The number of hydrogen-bond acceptors (Lipinski definition) is 4. The van der Waals surface area contributed by atoms with E-state index in [1.807, 2.05) is 0 Å². The van der Waals surface area contributed by atoms with Crippen molar-refractivity contribution in [1.29, 1.82) is 0 Å². The Morgan fingerprint density at radius 1 is 1.47 bits per heavy atom. The largest absolute Gasteiger partial charge is 0.317 e. The molecule has 1 unspecified atom stereocenters. The number of carbonyl (C=O) groups excluding carboxylic acids is 1. The smallest absolute Gasteiger partial charge is 0.229 e. The molecule has 1 amide bonds. The van der Waals surface area contributed by atoms with Crippen LogP contribution in [0.15, 0.2) is 18.3 Å². The lowest BCUT2D eigenvalue weighted by Crippen LogP contribution is -2.31. The molecule has 0 radical (unpaired) electrons. The standard InChI is InChI=1S/C12H16N4O/c17-11(15-10-2-1-5-14-16-10)9-8-12(9)3-6-13-7-4-12/h1-2,5,9,13H,3-4,6-8H2,(H,15,16,17). The number of anilines is 1. The summed E-state index contributed by atoms with van der Waals surface area (Å²) in [6.07, 6.45) is 4.86. The Morgan fingerprint density at radius 2 is 2.29 bits per heavy atom. The fourth-order valence-electron chi connectivity index (χ4n) is 2.78. The molecule has 5 heteroatoms. The first-order valence-electron chi connectivity index (χ1n) is 6.09. The van der Waals surface area contributed by atoms with Crippen LogP contribution in [0.5, 0.6) is 0 Å². The van der Waals surface area contributed by atoms with E-state index in [1.54, 1.807) is 18.3 Å². The van der Waals surface area contributed by atoms with Gasteiger partial charge in [-0.2, -0.15) is 5.10 Å². The summed E-state index contributed by atoms with van der Waals surface area (Å²) in [7, 11) is 0. The molecule has 1 spiro atoms. The topological polar surface area (TPSA) is 66.9 Å². The van der Waals surface area contributed by atoms with Gasteiger partial charge in [-0.25, -0.2) is 0 Å². The van der Waals surface area contributed by atoms with Gasteiger partial charge in [-0.05, 0) is 49.9 Å². The molecule has 2 fully saturated rings. The van der Waals surface area contributed by atoms with E-state index in [0.717, 1.165) is 32.4 Å². The fraction of sp³-hybridized carbons (Fsp3) is 0.583. The van der Waals surface area contributed by atoms with Crippen molar-refractivity contribution >= 4 is 11.7 Å². The summed E-state index contributed by atoms with van der Waals surface area (Å²) < 4.78 is 0. The average molecular weight is 232 g/mol. The first kappa shape index (κ1) is 10.7. The Balaban J connectivity index is 1.61. The Hall–Kier alpha value is -1.49. The number of aromatic nitrogens is 2. The molecule has 17 heavy (non-hydrogen) atoms. The van der Waals surface area contributed by atoms with Gasteiger partial charge in [-0.15, -0.1) is 5.10 Å². The maximum atomic E-state index is 12.0. The van der Waals surface area contributed by atoms with Gasteiger partial charge in [0.25, 0.3) is 0 Å². The van der Waals surface area contributed by atoms with Crippen molar-refractivity contribution in [2.24, 2.45) is 11.3 Å². The molecule has 0 bridgehead atoms. The Kier molecular flexibility index (Phi) is 2.55. The van der Waals surface area contributed by atoms with Crippen LogP contribution < -0.4 is 10.6 Å². The zero-order valence-electron chi connectivity index (χ0n) is 9.65. The average Bonchev–Trinajstić information content (AvgIpc) is 3.05. The molecule has 1 saturated carbocycles. The molecule has 2 heterocycles. The molecule has 0 aromatic carbocycles. The maximum Gasteiger partial charge on any atom is 0.229 e. The third-order valence-electron chi connectivity index (χ3n) is 3.93. The molecule has 5 nitrogen and oxygen atoms in total. The zero-order valence-corrected chi connectivity index (χ0v) is 9.65. The fourth-order valence-corrected chi connectivity index (χ4v) is 2.78. The van der Waals surface area contributed by atoms with E-state index in [2.05, 4.69) is 20.8 Å². The van der Waals surface area contributed by atoms with E-state index in [0.29, 0.717) is 5.82 Å². The van der Waals surface area contributed by atoms with Crippen LogP contribution in [0.1, 0.15) is 19.3 Å². The van der Waals surface area contributed by atoms with E-state index >= 15 is 0 Å². The quantitative estimate of drug-likeness (QED) is 0.791. The number of rotatable bonds is 2. The normalized spacial score (nSPS) is 25.5. The van der Waals surface area contributed by atoms with Crippen molar-refractivity contribution in [3.8, 4) is 0 Å². The lowest BCUT2D eigenvalue weighted by atomic mass is 9.92. The second kappa shape index (κ2) is 4.07. The predicted molar refractivity (Wildman–Crippen MR) is 63.3 cm³/mol. The summed E-state index contributed by atoms with van der Waals surface area (Å²) in [6.45, 7) is 2.07. The van der Waals surface area contributed by atoms with Crippen LogP contribution in [0.3, 0.4) is 0 Å². The second-order valence-electron chi connectivity index (χ2n) is 4.97. The molecular formula is C12H16N4O. The molecule has 2 N–H and O–H groups in total. The highest BCUT2D eigenvalue weighted by Gasteiger charge is 2.57. The van der Waals surface area contributed by atoms with Crippen LogP contribution in [-0.4, -0.2) is 29.2 Å². The minimum absolute atomic E-state index is 0.104. The summed E-state index contributed by atoms with van der Waals surface area (Å²) in [5, 5.41) is 13.8.